The molecule has 1 heterocycles. The molecule has 2 aromatic carbocycles. The Morgan fingerprint density at radius 2 is 1.59 bits per heavy atom. The Balaban J connectivity index is 1.70. The van der Waals surface area contributed by atoms with Gasteiger partial charge in [0.15, 0.2) is 0 Å². The molecule has 1 aliphatic heterocycles. The first kappa shape index (κ1) is 21.4. The zero-order valence-corrected chi connectivity index (χ0v) is 16.9. The summed E-state index contributed by atoms with van der Waals surface area (Å²) in [6.45, 7) is 0.271. The van der Waals surface area contributed by atoms with E-state index in [2.05, 4.69) is 5.32 Å². The first-order valence-electron chi connectivity index (χ1n) is 8.77. The summed E-state index contributed by atoms with van der Waals surface area (Å²) in [5.74, 6) is -1.47. The molecule has 0 saturated carbocycles. The maximum Gasteiger partial charge on any atom is 0.243 e. The van der Waals surface area contributed by atoms with Crippen LogP contribution in [0.3, 0.4) is 0 Å². The summed E-state index contributed by atoms with van der Waals surface area (Å²) in [7, 11) is -7.66. The van der Waals surface area contributed by atoms with Gasteiger partial charge in [0.1, 0.15) is 5.82 Å². The summed E-state index contributed by atoms with van der Waals surface area (Å²) in [6.07, 6.45) is 1.01. The van der Waals surface area contributed by atoms with Gasteiger partial charge in [-0.1, -0.05) is 0 Å². The second-order valence-corrected chi connectivity index (χ2v) is 10.2. The lowest BCUT2D eigenvalue weighted by atomic mass is 9.99. The van der Waals surface area contributed by atoms with Gasteiger partial charge in [-0.15, -0.1) is 0 Å². The minimum atomic E-state index is -3.83. The number of rotatable bonds is 5. The summed E-state index contributed by atoms with van der Waals surface area (Å²) in [6, 6.07) is 9.91. The number of nitrogens with zero attached hydrogens (tertiary/aromatic N) is 1. The molecule has 0 unspecified atom stereocenters. The van der Waals surface area contributed by atoms with E-state index in [0.29, 0.717) is 18.5 Å². The quantitative estimate of drug-likeness (QED) is 0.727. The molecule has 1 saturated heterocycles. The Bertz CT molecular complexity index is 1100. The number of hydrogen-bond donors (Lipinski definition) is 2. The molecule has 0 aromatic heterocycles. The molecule has 11 heteroatoms. The molecule has 1 aliphatic rings. The summed E-state index contributed by atoms with van der Waals surface area (Å²) in [5.41, 5.74) is 0.376. The fraction of sp³-hybridized carbons (Fsp3) is 0.278. The third kappa shape index (κ3) is 4.99. The monoisotopic (exact) mass is 441 g/mol. The molecule has 0 spiro atoms. The highest BCUT2D eigenvalue weighted by Gasteiger charge is 2.33. The third-order valence-corrected chi connectivity index (χ3v) is 7.47. The van der Waals surface area contributed by atoms with E-state index in [9.17, 15) is 26.0 Å². The zero-order valence-electron chi connectivity index (χ0n) is 15.3. The first-order valence-corrected chi connectivity index (χ1v) is 11.8. The molecular weight excluding hydrogens is 421 g/mol. The highest BCUT2D eigenvalue weighted by molar-refractivity contribution is 7.89. The smallest absolute Gasteiger partial charge is 0.243 e. The number of sulfonamides is 2. The summed E-state index contributed by atoms with van der Waals surface area (Å²) in [4.78, 5) is 12.5. The van der Waals surface area contributed by atoms with Crippen LogP contribution in [0.5, 0.6) is 0 Å². The van der Waals surface area contributed by atoms with E-state index in [1.165, 1.54) is 40.7 Å². The number of nitrogens with one attached hydrogen (secondary N) is 1. The number of carbonyl (C=O) groups excluding carboxylic acids is 1. The van der Waals surface area contributed by atoms with E-state index in [1.807, 2.05) is 0 Å². The fourth-order valence-electron chi connectivity index (χ4n) is 3.10. The number of halogens is 1. The van der Waals surface area contributed by atoms with Crippen LogP contribution >= 0.6 is 0 Å². The van der Waals surface area contributed by atoms with E-state index in [1.54, 1.807) is 0 Å². The van der Waals surface area contributed by atoms with Gasteiger partial charge < -0.3 is 5.32 Å². The SMILES string of the molecule is NS(=O)(=O)c1ccc(NC(=O)[C@H]2CCCN(S(=O)(=O)c3ccc(F)cc3)C2)cc1. The lowest BCUT2D eigenvalue weighted by Gasteiger charge is -2.31. The average molecular weight is 442 g/mol. The van der Waals surface area contributed by atoms with Crippen molar-refractivity contribution in [3.8, 4) is 0 Å². The topological polar surface area (TPSA) is 127 Å². The maximum atomic E-state index is 13.1. The predicted octanol–water partition coefficient (Wildman–Crippen LogP) is 1.51. The van der Waals surface area contributed by atoms with E-state index >= 15 is 0 Å². The maximum absolute atomic E-state index is 13.1. The number of primary sulfonamides is 1. The lowest BCUT2D eigenvalue weighted by molar-refractivity contribution is -0.120. The van der Waals surface area contributed by atoms with Gasteiger partial charge >= 0.3 is 0 Å². The predicted molar refractivity (Wildman–Crippen MR) is 104 cm³/mol. The fourth-order valence-corrected chi connectivity index (χ4v) is 5.14. The Hall–Kier alpha value is -2.34. The Kier molecular flexibility index (Phi) is 6.03. The standard InChI is InChI=1S/C18H20FN3O5S2/c19-14-3-7-17(8-4-14)29(26,27)22-11-1-2-13(12-22)18(23)21-15-5-9-16(10-6-15)28(20,24)25/h3-10,13H,1-2,11-12H2,(H,21,23)(H2,20,24,25)/t13-/m0/s1. The van der Waals surface area contributed by atoms with Crippen LogP contribution in [-0.4, -0.2) is 40.1 Å². The molecule has 3 rings (SSSR count). The van der Waals surface area contributed by atoms with E-state index < -0.39 is 31.8 Å². The van der Waals surface area contributed by atoms with Crippen molar-refractivity contribution in [2.24, 2.45) is 11.1 Å². The molecule has 0 radical (unpaired) electrons. The van der Waals surface area contributed by atoms with Crippen molar-refractivity contribution in [1.29, 1.82) is 0 Å². The van der Waals surface area contributed by atoms with Crippen LogP contribution in [0, 0.1) is 11.7 Å². The minimum Gasteiger partial charge on any atom is -0.326 e. The van der Waals surface area contributed by atoms with Crippen molar-refractivity contribution < 1.29 is 26.0 Å². The normalized spacial score (nSPS) is 18.3. The number of carbonyl (C=O) groups is 1. The third-order valence-electron chi connectivity index (χ3n) is 4.66. The molecule has 2 aromatic rings. The highest BCUT2D eigenvalue weighted by atomic mass is 32.2. The molecule has 1 amide bonds. The van der Waals surface area contributed by atoms with Crippen molar-refractivity contribution in [2.75, 3.05) is 18.4 Å². The summed E-state index contributed by atoms with van der Waals surface area (Å²) >= 11 is 0. The van der Waals surface area contributed by atoms with Crippen molar-refractivity contribution in [3.63, 3.8) is 0 Å². The molecule has 3 N–H and O–H groups in total. The van der Waals surface area contributed by atoms with E-state index in [4.69, 9.17) is 5.14 Å². The van der Waals surface area contributed by atoms with Crippen LogP contribution in [-0.2, 0) is 24.8 Å². The van der Waals surface area contributed by atoms with Crippen LogP contribution in [0.15, 0.2) is 58.3 Å². The van der Waals surface area contributed by atoms with Gasteiger partial charge in [0.25, 0.3) is 0 Å². The molecule has 156 valence electrons. The molecule has 29 heavy (non-hydrogen) atoms. The van der Waals surface area contributed by atoms with Crippen molar-refractivity contribution in [2.45, 2.75) is 22.6 Å². The van der Waals surface area contributed by atoms with E-state index in [-0.39, 0.29) is 28.8 Å². The molecule has 0 bridgehead atoms. The number of benzene rings is 2. The molecular formula is C18H20FN3O5S2. The van der Waals surface area contributed by atoms with E-state index in [0.717, 1.165) is 12.1 Å². The number of piperidine rings is 1. The van der Waals surface area contributed by atoms with Crippen LogP contribution in [0.1, 0.15) is 12.8 Å². The van der Waals surface area contributed by atoms with Gasteiger partial charge in [0.05, 0.1) is 15.7 Å². The Labute approximate surface area is 168 Å². The van der Waals surface area contributed by atoms with Crippen LogP contribution in [0.4, 0.5) is 10.1 Å². The number of anilines is 1. The number of amides is 1. The van der Waals surface area contributed by atoms with Gasteiger partial charge in [-0.2, -0.15) is 4.31 Å². The van der Waals surface area contributed by atoms with Crippen LogP contribution < -0.4 is 10.5 Å². The van der Waals surface area contributed by atoms with Crippen molar-refractivity contribution in [1.82, 2.24) is 4.31 Å². The Morgan fingerprint density at radius 1 is 1.00 bits per heavy atom. The largest absolute Gasteiger partial charge is 0.326 e. The number of nitrogens with two attached hydrogens (primary N) is 1. The zero-order chi connectivity index (χ0) is 21.2. The van der Waals surface area contributed by atoms with Gasteiger partial charge in [0, 0.05) is 18.8 Å². The van der Waals surface area contributed by atoms with Crippen molar-refractivity contribution >= 4 is 31.6 Å². The Morgan fingerprint density at radius 3 is 2.17 bits per heavy atom. The van der Waals surface area contributed by atoms with Crippen LogP contribution in [0.25, 0.3) is 0 Å². The van der Waals surface area contributed by atoms with Crippen molar-refractivity contribution in [3.05, 3.63) is 54.3 Å². The lowest BCUT2D eigenvalue weighted by Crippen LogP contribution is -2.43. The second-order valence-electron chi connectivity index (χ2n) is 6.71. The summed E-state index contributed by atoms with van der Waals surface area (Å²) in [5, 5.41) is 7.70. The van der Waals surface area contributed by atoms with Gasteiger partial charge in [0.2, 0.25) is 26.0 Å². The summed E-state index contributed by atoms with van der Waals surface area (Å²) < 4.78 is 62.4. The highest BCUT2D eigenvalue weighted by Crippen LogP contribution is 2.25. The van der Waals surface area contributed by atoms with Gasteiger partial charge in [-0.3, -0.25) is 4.79 Å². The molecule has 0 aliphatic carbocycles. The average Bonchev–Trinajstić information content (AvgIpc) is 2.68. The van der Waals surface area contributed by atoms with Gasteiger partial charge in [-0.25, -0.2) is 26.4 Å². The van der Waals surface area contributed by atoms with Crippen LogP contribution in [0.2, 0.25) is 0 Å². The minimum absolute atomic E-state index is 0.000800. The van der Waals surface area contributed by atoms with Gasteiger partial charge in [-0.05, 0) is 61.4 Å². The molecule has 8 nitrogen and oxygen atoms in total. The molecule has 1 atom stereocenters. The first-order chi connectivity index (χ1) is 13.6. The second kappa shape index (κ2) is 8.19. The number of hydrogen-bond acceptors (Lipinski definition) is 5. The molecule has 1 fully saturated rings.